The summed E-state index contributed by atoms with van der Waals surface area (Å²) in [7, 11) is 0. The molecular weight excluding hydrogens is 354 g/mol. The van der Waals surface area contributed by atoms with E-state index < -0.39 is 0 Å². The number of hydrogen-bond donors (Lipinski definition) is 2. The molecule has 1 aliphatic heterocycles. The number of hydrogen-bond acceptors (Lipinski definition) is 4. The van der Waals surface area contributed by atoms with E-state index in [-0.39, 0.29) is 0 Å². The van der Waals surface area contributed by atoms with Crippen molar-refractivity contribution in [1.82, 2.24) is 9.88 Å². The van der Waals surface area contributed by atoms with E-state index in [4.69, 9.17) is 5.73 Å². The zero-order chi connectivity index (χ0) is 19.1. The number of guanidine groups is 1. The summed E-state index contributed by atoms with van der Waals surface area (Å²) in [4.78, 5) is 11.8. The Morgan fingerprint density at radius 1 is 1.30 bits per heavy atom. The van der Waals surface area contributed by atoms with E-state index in [1.165, 1.54) is 29.1 Å². The first-order chi connectivity index (χ1) is 13.2. The Kier molecular flexibility index (Phi) is 7.24. The first-order valence-corrected chi connectivity index (χ1v) is 10.9. The molecular formula is C21H31N5S. The van der Waals surface area contributed by atoms with E-state index in [0.29, 0.717) is 11.9 Å². The van der Waals surface area contributed by atoms with Gasteiger partial charge >= 0.3 is 0 Å². The van der Waals surface area contributed by atoms with Crippen LogP contribution in [-0.4, -0.2) is 35.5 Å². The highest BCUT2D eigenvalue weighted by molar-refractivity contribution is 7.09. The fraction of sp³-hybridized carbons (Fsp3) is 0.524. The van der Waals surface area contributed by atoms with Crippen LogP contribution >= 0.6 is 11.3 Å². The van der Waals surface area contributed by atoms with Gasteiger partial charge < -0.3 is 11.1 Å². The van der Waals surface area contributed by atoms with Crippen LogP contribution in [0.25, 0.3) is 0 Å². The maximum atomic E-state index is 6.08. The lowest BCUT2D eigenvalue weighted by Crippen LogP contribution is -2.34. The third kappa shape index (κ3) is 6.04. The third-order valence-corrected chi connectivity index (χ3v) is 6.16. The Balaban J connectivity index is 1.42. The molecule has 1 aliphatic rings. The van der Waals surface area contributed by atoms with Crippen LogP contribution < -0.4 is 11.1 Å². The van der Waals surface area contributed by atoms with Gasteiger partial charge in [0.2, 0.25) is 0 Å². The van der Waals surface area contributed by atoms with Crippen LogP contribution in [0.15, 0.2) is 34.6 Å². The number of rotatable bonds is 7. The second-order valence-corrected chi connectivity index (χ2v) is 8.15. The Bertz CT molecular complexity index is 747. The first-order valence-electron chi connectivity index (χ1n) is 9.97. The van der Waals surface area contributed by atoms with E-state index in [0.717, 1.165) is 44.7 Å². The van der Waals surface area contributed by atoms with Gasteiger partial charge in [0.1, 0.15) is 0 Å². The molecule has 3 N–H and O–H groups in total. The Morgan fingerprint density at radius 3 is 2.81 bits per heavy atom. The van der Waals surface area contributed by atoms with E-state index in [1.54, 1.807) is 11.3 Å². The van der Waals surface area contributed by atoms with Gasteiger partial charge in [-0.2, -0.15) is 0 Å². The highest BCUT2D eigenvalue weighted by Crippen LogP contribution is 2.20. The molecule has 0 spiro atoms. The number of aromatic nitrogens is 1. The molecule has 0 amide bonds. The number of aliphatic imine (C=N–C) groups is 1. The van der Waals surface area contributed by atoms with Crippen LogP contribution in [-0.2, 0) is 19.4 Å². The van der Waals surface area contributed by atoms with Crippen LogP contribution in [0.4, 0.5) is 5.69 Å². The summed E-state index contributed by atoms with van der Waals surface area (Å²) in [5.41, 5.74) is 9.61. The molecule has 1 aromatic heterocycles. The quantitative estimate of drug-likeness (QED) is 0.560. The molecule has 2 heterocycles. The van der Waals surface area contributed by atoms with Gasteiger partial charge in [-0.25, -0.2) is 4.98 Å². The molecule has 1 saturated heterocycles. The molecule has 3 rings (SSSR count). The molecule has 0 unspecified atom stereocenters. The van der Waals surface area contributed by atoms with Crippen LogP contribution in [0.2, 0.25) is 0 Å². The molecule has 0 bridgehead atoms. The van der Waals surface area contributed by atoms with E-state index in [2.05, 4.69) is 57.6 Å². The maximum Gasteiger partial charge on any atom is 0.193 e. The minimum Gasteiger partial charge on any atom is -0.370 e. The number of nitrogens with zero attached hydrogens (tertiary/aromatic N) is 3. The average Bonchev–Trinajstić information content (AvgIpc) is 3.15. The number of nitrogens with two attached hydrogens (primary N) is 1. The van der Waals surface area contributed by atoms with Crippen molar-refractivity contribution < 1.29 is 0 Å². The van der Waals surface area contributed by atoms with Crippen molar-refractivity contribution >= 4 is 23.0 Å². The van der Waals surface area contributed by atoms with Gasteiger partial charge in [-0.15, -0.1) is 11.3 Å². The predicted octanol–water partition coefficient (Wildman–Crippen LogP) is 3.91. The Morgan fingerprint density at radius 2 is 2.11 bits per heavy atom. The largest absolute Gasteiger partial charge is 0.370 e. The third-order valence-electron chi connectivity index (χ3n) is 5.12. The molecule has 1 fully saturated rings. The molecule has 0 saturated carbocycles. The van der Waals surface area contributed by atoms with Crippen molar-refractivity contribution in [3.63, 3.8) is 0 Å². The van der Waals surface area contributed by atoms with Crippen LogP contribution in [0.5, 0.6) is 0 Å². The lowest BCUT2D eigenvalue weighted by molar-refractivity contribution is 0.179. The SMILES string of the molecule is CCc1cccc(NC(N)=NCC2CCN(Cc3csc(CC)n3)CC2)c1. The minimum absolute atomic E-state index is 0.514. The Labute approximate surface area is 166 Å². The number of anilines is 1. The van der Waals surface area contributed by atoms with Gasteiger partial charge in [0.05, 0.1) is 10.7 Å². The number of benzene rings is 1. The summed E-state index contributed by atoms with van der Waals surface area (Å²) in [5, 5.41) is 6.66. The lowest BCUT2D eigenvalue weighted by Gasteiger charge is -2.30. The van der Waals surface area contributed by atoms with Gasteiger partial charge in [-0.05, 0) is 62.4 Å². The highest BCUT2D eigenvalue weighted by Gasteiger charge is 2.19. The first kappa shape index (κ1) is 19.8. The molecule has 5 nitrogen and oxygen atoms in total. The molecule has 0 atom stereocenters. The number of aryl methyl sites for hydroxylation is 2. The van der Waals surface area contributed by atoms with Gasteiger partial charge in [0, 0.05) is 24.2 Å². The topological polar surface area (TPSA) is 66.5 Å². The van der Waals surface area contributed by atoms with Crippen molar-refractivity contribution in [2.45, 2.75) is 46.1 Å². The summed E-state index contributed by atoms with van der Waals surface area (Å²) in [6.45, 7) is 8.33. The molecule has 6 heteroatoms. The number of thiazole rings is 1. The van der Waals surface area contributed by atoms with Gasteiger partial charge in [0.25, 0.3) is 0 Å². The summed E-state index contributed by atoms with van der Waals surface area (Å²) in [6, 6.07) is 8.34. The summed E-state index contributed by atoms with van der Waals surface area (Å²) < 4.78 is 0. The number of piperidine rings is 1. The number of nitrogens with one attached hydrogen (secondary N) is 1. The molecule has 2 aromatic rings. The second kappa shape index (κ2) is 9.85. The highest BCUT2D eigenvalue weighted by atomic mass is 32.1. The van der Waals surface area contributed by atoms with E-state index in [1.807, 2.05) is 6.07 Å². The average molecular weight is 386 g/mol. The molecule has 0 radical (unpaired) electrons. The summed E-state index contributed by atoms with van der Waals surface area (Å²) in [5.74, 6) is 1.13. The zero-order valence-corrected chi connectivity index (χ0v) is 17.3. The van der Waals surface area contributed by atoms with Crippen molar-refractivity contribution in [3.05, 3.63) is 45.9 Å². The standard InChI is InChI=1S/C21H31N5S/c1-3-16-6-5-7-18(12-16)25-21(22)23-13-17-8-10-26(11-9-17)14-19-15-27-20(4-2)24-19/h5-7,12,15,17H,3-4,8-11,13-14H2,1-2H3,(H3,22,23,25). The van der Waals surface area contributed by atoms with Gasteiger partial charge in [0.15, 0.2) is 5.96 Å². The monoisotopic (exact) mass is 385 g/mol. The smallest absolute Gasteiger partial charge is 0.193 e. The zero-order valence-electron chi connectivity index (χ0n) is 16.4. The van der Waals surface area contributed by atoms with Gasteiger partial charge in [-0.1, -0.05) is 26.0 Å². The van der Waals surface area contributed by atoms with Crippen LogP contribution in [0.3, 0.4) is 0 Å². The van der Waals surface area contributed by atoms with Crippen molar-refractivity contribution in [3.8, 4) is 0 Å². The summed E-state index contributed by atoms with van der Waals surface area (Å²) >= 11 is 1.78. The molecule has 0 aliphatic carbocycles. The normalized spacial score (nSPS) is 16.6. The fourth-order valence-corrected chi connectivity index (χ4v) is 4.16. The van der Waals surface area contributed by atoms with Crippen molar-refractivity contribution in [2.24, 2.45) is 16.6 Å². The minimum atomic E-state index is 0.514. The van der Waals surface area contributed by atoms with Gasteiger partial charge in [-0.3, -0.25) is 9.89 Å². The molecule has 1 aromatic carbocycles. The molecule has 27 heavy (non-hydrogen) atoms. The second-order valence-electron chi connectivity index (χ2n) is 7.21. The molecule has 146 valence electrons. The van der Waals surface area contributed by atoms with Crippen LogP contribution in [0, 0.1) is 5.92 Å². The van der Waals surface area contributed by atoms with Crippen molar-refractivity contribution in [1.29, 1.82) is 0 Å². The van der Waals surface area contributed by atoms with E-state index >= 15 is 0 Å². The Hall–Kier alpha value is -1.92. The van der Waals surface area contributed by atoms with Crippen LogP contribution in [0.1, 0.15) is 43.0 Å². The van der Waals surface area contributed by atoms with E-state index in [9.17, 15) is 0 Å². The predicted molar refractivity (Wildman–Crippen MR) is 115 cm³/mol. The maximum absolute atomic E-state index is 6.08. The van der Waals surface area contributed by atoms with Crippen molar-refractivity contribution in [2.75, 3.05) is 25.0 Å². The number of likely N-dealkylation sites (tertiary alicyclic amines) is 1. The summed E-state index contributed by atoms with van der Waals surface area (Å²) in [6.07, 6.45) is 4.40. The lowest BCUT2D eigenvalue weighted by atomic mass is 9.97. The fourth-order valence-electron chi connectivity index (χ4n) is 3.42.